The summed E-state index contributed by atoms with van der Waals surface area (Å²) in [4.78, 5) is 28.1. The van der Waals surface area contributed by atoms with E-state index in [0.29, 0.717) is 5.69 Å². The van der Waals surface area contributed by atoms with Crippen molar-refractivity contribution in [3.8, 4) is 0 Å². The number of nitrogens with one attached hydrogen (secondary N) is 1. The predicted molar refractivity (Wildman–Crippen MR) is 96.6 cm³/mol. The minimum Gasteiger partial charge on any atom is -0.450 e. The van der Waals surface area contributed by atoms with Crippen LogP contribution in [0.5, 0.6) is 0 Å². The fourth-order valence-corrected chi connectivity index (χ4v) is 4.33. The number of thioether (sulfide) groups is 1. The molecule has 0 spiro atoms. The quantitative estimate of drug-likeness (QED) is 0.624. The maximum atomic E-state index is 12.0. The molecule has 0 saturated carbocycles. The molecular weight excluding hydrogens is 351 g/mol. The zero-order chi connectivity index (χ0) is 16.9. The fraction of sp³-hybridized carbons (Fsp3) is 0.267. The van der Waals surface area contributed by atoms with Gasteiger partial charge in [0.15, 0.2) is 4.34 Å². The highest BCUT2D eigenvalue weighted by molar-refractivity contribution is 8.03. The molecule has 1 heterocycles. The van der Waals surface area contributed by atoms with Crippen LogP contribution in [0.2, 0.25) is 0 Å². The van der Waals surface area contributed by atoms with Gasteiger partial charge in [-0.2, -0.15) is 0 Å². The highest BCUT2D eigenvalue weighted by Crippen LogP contribution is 2.35. The topological polar surface area (TPSA) is 68.3 Å². The Balaban J connectivity index is 1.94. The number of amides is 1. The number of benzene rings is 1. The lowest BCUT2D eigenvalue weighted by molar-refractivity contribution is -0.135. The summed E-state index contributed by atoms with van der Waals surface area (Å²) in [5.41, 5.74) is 1.44. The Morgan fingerprint density at radius 3 is 2.70 bits per heavy atom. The van der Waals surface area contributed by atoms with E-state index in [4.69, 9.17) is 4.52 Å². The number of thiazole rings is 1. The van der Waals surface area contributed by atoms with Crippen LogP contribution in [0, 0.1) is 0 Å². The van der Waals surface area contributed by atoms with Crippen molar-refractivity contribution in [2.45, 2.75) is 29.4 Å². The zero-order valence-electron chi connectivity index (χ0n) is 12.7. The van der Waals surface area contributed by atoms with Crippen molar-refractivity contribution in [3.05, 3.63) is 41.4 Å². The van der Waals surface area contributed by atoms with Crippen molar-refractivity contribution in [2.75, 3.05) is 5.32 Å². The van der Waals surface area contributed by atoms with Crippen molar-refractivity contribution in [3.63, 3.8) is 0 Å². The maximum absolute atomic E-state index is 12.0. The van der Waals surface area contributed by atoms with Gasteiger partial charge in [-0.25, -0.2) is 4.98 Å². The number of carbonyl (C=O) groups is 2. The molecule has 8 heteroatoms. The molecule has 1 N–H and O–H groups in total. The monoisotopic (exact) mass is 368 g/mol. The van der Waals surface area contributed by atoms with Crippen molar-refractivity contribution in [1.29, 1.82) is 0 Å². The summed E-state index contributed by atoms with van der Waals surface area (Å²) < 4.78 is 4.69. The van der Waals surface area contributed by atoms with E-state index in [0.717, 1.165) is 10.0 Å². The molecule has 0 bridgehead atoms. The summed E-state index contributed by atoms with van der Waals surface area (Å²) in [7, 11) is 1.96. The molecule has 23 heavy (non-hydrogen) atoms. The molecule has 0 aliphatic carbocycles. The smallest absolute Gasteiger partial charge is 0.324 e. The van der Waals surface area contributed by atoms with Gasteiger partial charge in [0.1, 0.15) is 4.75 Å². The van der Waals surface area contributed by atoms with Gasteiger partial charge in [0.05, 0.1) is 21.6 Å². The molecule has 2 rings (SSSR count). The first-order valence-corrected chi connectivity index (χ1v) is 8.97. The SMILES string of the molecule is CC(C)(Sc1nc(CC(=O)Nc2ccccc2)cs1)C(=O)OP. The highest BCUT2D eigenvalue weighted by atomic mass is 32.2. The Hall–Kier alpha value is -1.43. The van der Waals surface area contributed by atoms with E-state index in [1.807, 2.05) is 45.2 Å². The minimum absolute atomic E-state index is 0.123. The second-order valence-electron chi connectivity index (χ2n) is 5.21. The minimum atomic E-state index is -0.733. The van der Waals surface area contributed by atoms with Crippen LogP contribution in [0.15, 0.2) is 40.1 Å². The first-order chi connectivity index (χ1) is 10.9. The van der Waals surface area contributed by atoms with Crippen LogP contribution in [-0.4, -0.2) is 21.6 Å². The van der Waals surface area contributed by atoms with Crippen molar-refractivity contribution in [1.82, 2.24) is 4.98 Å². The van der Waals surface area contributed by atoms with Gasteiger partial charge in [0.2, 0.25) is 5.91 Å². The van der Waals surface area contributed by atoms with Gasteiger partial charge in [-0.3, -0.25) is 9.59 Å². The maximum Gasteiger partial charge on any atom is 0.324 e. The summed E-state index contributed by atoms with van der Waals surface area (Å²) in [5, 5.41) is 4.65. The van der Waals surface area contributed by atoms with Gasteiger partial charge in [-0.1, -0.05) is 30.0 Å². The Morgan fingerprint density at radius 2 is 2.04 bits per heavy atom. The third kappa shape index (κ3) is 5.30. The zero-order valence-corrected chi connectivity index (χ0v) is 15.5. The molecule has 5 nitrogen and oxygen atoms in total. The summed E-state index contributed by atoms with van der Waals surface area (Å²) in [6.07, 6.45) is 0.195. The molecule has 122 valence electrons. The highest BCUT2D eigenvalue weighted by Gasteiger charge is 2.31. The molecule has 0 fully saturated rings. The van der Waals surface area contributed by atoms with Gasteiger partial charge >= 0.3 is 5.97 Å². The van der Waals surface area contributed by atoms with Crippen LogP contribution in [0.25, 0.3) is 0 Å². The number of anilines is 1. The van der Waals surface area contributed by atoms with E-state index in [1.54, 1.807) is 13.8 Å². The number of aromatic nitrogens is 1. The first-order valence-electron chi connectivity index (χ1n) is 6.80. The standard InChI is InChI=1S/C15H17N2O3PS2/c1-15(2,13(19)20-21)23-14-17-11(9-22-14)8-12(18)16-10-6-4-3-5-7-10/h3-7,9H,8,21H2,1-2H3,(H,16,18). The second kappa shape index (κ2) is 7.90. The van der Waals surface area contributed by atoms with E-state index in [9.17, 15) is 9.59 Å². The van der Waals surface area contributed by atoms with Gasteiger partial charge in [-0.05, 0) is 26.0 Å². The fourth-order valence-electron chi connectivity index (χ4n) is 1.71. The first kappa shape index (κ1) is 17.9. The number of carbonyl (C=O) groups excluding carboxylic acids is 2. The third-order valence-corrected chi connectivity index (χ3v) is 5.25. The van der Waals surface area contributed by atoms with Gasteiger partial charge in [0.25, 0.3) is 0 Å². The normalized spacial score (nSPS) is 11.1. The Kier molecular flexibility index (Phi) is 6.16. The van der Waals surface area contributed by atoms with E-state index in [-0.39, 0.29) is 18.3 Å². The van der Waals surface area contributed by atoms with Crippen molar-refractivity contribution >= 4 is 50.1 Å². The molecule has 0 radical (unpaired) electrons. The Labute approximate surface area is 145 Å². The van der Waals surface area contributed by atoms with Crippen molar-refractivity contribution in [2.24, 2.45) is 0 Å². The van der Waals surface area contributed by atoms with Crippen LogP contribution in [-0.2, 0) is 20.5 Å². The summed E-state index contributed by atoms with van der Waals surface area (Å²) in [6.45, 7) is 3.54. The molecular formula is C15H17N2O3PS2. The average Bonchev–Trinajstić information content (AvgIpc) is 2.93. The third-order valence-electron chi connectivity index (χ3n) is 2.87. The Bertz CT molecular complexity index is 689. The number of hydrogen-bond acceptors (Lipinski definition) is 6. The second-order valence-corrected chi connectivity index (χ2v) is 8.18. The van der Waals surface area contributed by atoms with Gasteiger partial charge in [-0.15, -0.1) is 11.3 Å². The Morgan fingerprint density at radius 1 is 1.35 bits per heavy atom. The lowest BCUT2D eigenvalue weighted by Crippen LogP contribution is -2.27. The van der Waals surface area contributed by atoms with Crippen LogP contribution in [0.1, 0.15) is 19.5 Å². The number of para-hydroxylation sites is 1. The predicted octanol–water partition coefficient (Wildman–Crippen LogP) is 3.53. The molecule has 1 atom stereocenters. The van der Waals surface area contributed by atoms with E-state index >= 15 is 0 Å². The molecule has 1 aromatic carbocycles. The van der Waals surface area contributed by atoms with Crippen LogP contribution in [0.3, 0.4) is 0 Å². The summed E-state index contributed by atoms with van der Waals surface area (Å²) in [5.74, 6) is -0.465. The molecule has 1 unspecified atom stereocenters. The van der Waals surface area contributed by atoms with Crippen LogP contribution >= 0.6 is 32.6 Å². The molecule has 0 aliphatic heterocycles. The molecule has 0 aliphatic rings. The van der Waals surface area contributed by atoms with Gasteiger partial charge < -0.3 is 9.84 Å². The van der Waals surface area contributed by atoms with Gasteiger partial charge in [0, 0.05) is 11.1 Å². The molecule has 0 saturated heterocycles. The number of nitrogens with zero attached hydrogens (tertiary/aromatic N) is 1. The molecule has 2 aromatic rings. The largest absolute Gasteiger partial charge is 0.450 e. The molecule has 1 aromatic heterocycles. The van der Waals surface area contributed by atoms with E-state index in [1.165, 1.54) is 23.1 Å². The lowest BCUT2D eigenvalue weighted by Gasteiger charge is -2.18. The number of rotatable bonds is 6. The average molecular weight is 368 g/mol. The number of hydrogen-bond donors (Lipinski definition) is 1. The van der Waals surface area contributed by atoms with E-state index < -0.39 is 4.75 Å². The summed E-state index contributed by atoms with van der Waals surface area (Å²) in [6, 6.07) is 9.27. The lowest BCUT2D eigenvalue weighted by atomic mass is 10.2. The van der Waals surface area contributed by atoms with E-state index in [2.05, 4.69) is 10.3 Å². The van der Waals surface area contributed by atoms with Crippen LogP contribution < -0.4 is 5.32 Å². The summed E-state index contributed by atoms with van der Waals surface area (Å²) >= 11 is 2.73. The van der Waals surface area contributed by atoms with Crippen molar-refractivity contribution < 1.29 is 14.1 Å². The van der Waals surface area contributed by atoms with Crippen LogP contribution in [0.4, 0.5) is 5.69 Å². The molecule has 1 amide bonds.